The van der Waals surface area contributed by atoms with E-state index >= 15 is 0 Å². The molecule has 2 amide bonds. The van der Waals surface area contributed by atoms with Crippen LogP contribution in [0.4, 0.5) is 4.79 Å². The maximum Gasteiger partial charge on any atom is 0.328 e. The Balaban J connectivity index is 1.86. The van der Waals surface area contributed by atoms with E-state index in [4.69, 9.17) is 32.7 Å². The van der Waals surface area contributed by atoms with Gasteiger partial charge in [0.1, 0.15) is 12.6 Å². The van der Waals surface area contributed by atoms with Crippen LogP contribution in [0.15, 0.2) is 39.7 Å². The molecule has 2 aromatic carbocycles. The number of benzene rings is 2. The fraction of sp³-hybridized carbons (Fsp3) is 0.261. The van der Waals surface area contributed by atoms with E-state index in [1.54, 1.807) is 30.3 Å². The van der Waals surface area contributed by atoms with Gasteiger partial charge in [-0.25, -0.2) is 4.79 Å². The molecule has 1 atom stereocenters. The lowest BCUT2D eigenvalue weighted by molar-refractivity contribution is -0.148. The first-order valence-corrected chi connectivity index (χ1v) is 12.4. The summed E-state index contributed by atoms with van der Waals surface area (Å²) in [7, 11) is 1.20. The normalized spacial score (nSPS) is 15.6. The number of hydrogen-bond donors (Lipinski definition) is 0. The van der Waals surface area contributed by atoms with E-state index in [1.165, 1.54) is 14.0 Å². The molecule has 0 aliphatic carbocycles. The molecular weight excluding hydrogens is 569 g/mol. The number of thioether (sulfide) groups is 1. The van der Waals surface area contributed by atoms with Gasteiger partial charge in [-0.3, -0.25) is 14.5 Å². The average Bonchev–Trinajstić information content (AvgIpc) is 3.07. The summed E-state index contributed by atoms with van der Waals surface area (Å²) in [6, 6.07) is 7.64. The zero-order valence-electron chi connectivity index (χ0n) is 18.4. The number of ether oxygens (including phenoxy) is 3. The van der Waals surface area contributed by atoms with Gasteiger partial charge in [-0.1, -0.05) is 29.3 Å². The number of methoxy groups -OCH3 is 1. The monoisotopic (exact) mass is 587 g/mol. The maximum absolute atomic E-state index is 12.8. The number of carbonyl (C=O) groups is 3. The second-order valence-electron chi connectivity index (χ2n) is 7.05. The first kappa shape index (κ1) is 26.4. The lowest BCUT2D eigenvalue weighted by atomic mass is 10.1. The summed E-state index contributed by atoms with van der Waals surface area (Å²) in [6.07, 6.45) is 1.56. The second-order valence-corrected chi connectivity index (χ2v) is 9.71. The molecule has 7 nitrogen and oxygen atoms in total. The van der Waals surface area contributed by atoms with E-state index in [1.807, 2.05) is 13.0 Å². The highest BCUT2D eigenvalue weighted by Crippen LogP contribution is 2.40. The van der Waals surface area contributed by atoms with E-state index in [0.717, 1.165) is 22.2 Å². The number of carbonyl (C=O) groups excluding carboxylic acids is 3. The number of amides is 2. The first-order chi connectivity index (χ1) is 16.2. The summed E-state index contributed by atoms with van der Waals surface area (Å²) in [5.74, 6) is -0.321. The van der Waals surface area contributed by atoms with Gasteiger partial charge in [-0.2, -0.15) is 0 Å². The van der Waals surface area contributed by atoms with Crippen molar-refractivity contribution in [2.24, 2.45) is 0 Å². The third kappa shape index (κ3) is 5.89. The van der Waals surface area contributed by atoms with E-state index in [2.05, 4.69) is 20.7 Å². The van der Waals surface area contributed by atoms with Gasteiger partial charge in [-0.15, -0.1) is 0 Å². The Morgan fingerprint density at radius 3 is 2.56 bits per heavy atom. The van der Waals surface area contributed by atoms with Gasteiger partial charge in [0.2, 0.25) is 0 Å². The minimum Gasteiger partial charge on any atom is -0.490 e. The predicted octanol–water partition coefficient (Wildman–Crippen LogP) is 6.33. The van der Waals surface area contributed by atoms with Crippen LogP contribution in [0.5, 0.6) is 11.5 Å². The number of nitrogens with zero attached hydrogens (tertiary/aromatic N) is 1. The van der Waals surface area contributed by atoms with Crippen LogP contribution in [0.3, 0.4) is 0 Å². The third-order valence-electron chi connectivity index (χ3n) is 4.75. The minimum atomic E-state index is -1.02. The quantitative estimate of drug-likeness (QED) is 0.263. The van der Waals surface area contributed by atoms with Crippen LogP contribution in [0.25, 0.3) is 6.08 Å². The largest absolute Gasteiger partial charge is 0.490 e. The van der Waals surface area contributed by atoms with Crippen LogP contribution in [-0.4, -0.2) is 41.8 Å². The average molecular weight is 589 g/mol. The SMILES string of the molecule is CCOc1cc(/C=C2/SC(=O)N([C@H](C)C(=O)OC)C2=O)cc(Br)c1OCc1ccc(Cl)c(Cl)c1. The molecule has 1 saturated heterocycles. The van der Waals surface area contributed by atoms with Gasteiger partial charge in [0.05, 0.1) is 33.1 Å². The molecule has 1 aliphatic heterocycles. The Bertz CT molecular complexity index is 1170. The summed E-state index contributed by atoms with van der Waals surface area (Å²) in [5.41, 5.74) is 1.43. The van der Waals surface area contributed by atoms with Crippen molar-refractivity contribution < 1.29 is 28.6 Å². The number of imide groups is 1. The van der Waals surface area contributed by atoms with Gasteiger partial charge in [0, 0.05) is 0 Å². The van der Waals surface area contributed by atoms with Gasteiger partial charge in [-0.05, 0) is 83.0 Å². The molecule has 0 radical (unpaired) electrons. The van der Waals surface area contributed by atoms with E-state index < -0.39 is 23.2 Å². The van der Waals surface area contributed by atoms with Gasteiger partial charge < -0.3 is 14.2 Å². The molecule has 2 aromatic rings. The molecule has 0 aromatic heterocycles. The standard InChI is InChI=1S/C23H20BrCl2NO6S/c1-4-32-18-9-14(10-19-21(28)27(23(30)34-19)12(2)22(29)31-3)7-15(24)20(18)33-11-13-5-6-16(25)17(26)8-13/h5-10,12H,4,11H2,1-3H3/b19-10+/t12-/m1/s1. The minimum absolute atomic E-state index is 0.180. The summed E-state index contributed by atoms with van der Waals surface area (Å²) in [6.45, 7) is 3.88. The molecule has 1 fully saturated rings. The Morgan fingerprint density at radius 1 is 1.18 bits per heavy atom. The Kier molecular flexibility index (Phi) is 8.92. The maximum atomic E-state index is 12.8. The van der Waals surface area contributed by atoms with E-state index in [9.17, 15) is 14.4 Å². The van der Waals surface area contributed by atoms with E-state index in [-0.39, 0.29) is 11.5 Å². The summed E-state index contributed by atoms with van der Waals surface area (Å²) in [4.78, 5) is 38.0. The third-order valence-corrected chi connectivity index (χ3v) is 6.96. The summed E-state index contributed by atoms with van der Waals surface area (Å²) in [5, 5.41) is 0.342. The fourth-order valence-corrected chi connectivity index (χ4v) is 4.90. The van der Waals surface area contributed by atoms with Crippen molar-refractivity contribution in [1.82, 2.24) is 4.90 Å². The number of hydrogen-bond acceptors (Lipinski definition) is 7. The van der Waals surface area contributed by atoms with Crippen molar-refractivity contribution in [1.29, 1.82) is 0 Å². The predicted molar refractivity (Wildman–Crippen MR) is 135 cm³/mol. The zero-order valence-corrected chi connectivity index (χ0v) is 22.3. The van der Waals surface area contributed by atoms with Crippen molar-refractivity contribution >= 4 is 74.1 Å². The highest BCUT2D eigenvalue weighted by atomic mass is 79.9. The number of rotatable bonds is 8. The molecule has 1 heterocycles. The van der Waals surface area contributed by atoms with Crippen LogP contribution in [0.2, 0.25) is 10.0 Å². The molecule has 0 unspecified atom stereocenters. The highest BCUT2D eigenvalue weighted by Gasteiger charge is 2.41. The zero-order chi connectivity index (χ0) is 25.0. The molecule has 180 valence electrons. The molecule has 3 rings (SSSR count). The smallest absolute Gasteiger partial charge is 0.328 e. The number of halogens is 3. The second kappa shape index (κ2) is 11.5. The summed E-state index contributed by atoms with van der Waals surface area (Å²) >= 11 is 16.3. The first-order valence-electron chi connectivity index (χ1n) is 10.0. The molecule has 0 spiro atoms. The fourth-order valence-electron chi connectivity index (χ4n) is 3.10. The molecule has 34 heavy (non-hydrogen) atoms. The Morgan fingerprint density at radius 2 is 1.91 bits per heavy atom. The molecular formula is C23H20BrCl2NO6S. The molecule has 0 N–H and O–H groups in total. The summed E-state index contributed by atoms with van der Waals surface area (Å²) < 4.78 is 17.0. The van der Waals surface area contributed by atoms with Crippen LogP contribution in [0, 0.1) is 0 Å². The van der Waals surface area contributed by atoms with Crippen molar-refractivity contribution in [2.45, 2.75) is 26.5 Å². The van der Waals surface area contributed by atoms with Gasteiger partial charge >= 0.3 is 5.97 Å². The van der Waals surface area contributed by atoms with Gasteiger partial charge in [0.25, 0.3) is 11.1 Å². The van der Waals surface area contributed by atoms with Crippen molar-refractivity contribution in [3.8, 4) is 11.5 Å². The van der Waals surface area contributed by atoms with Crippen molar-refractivity contribution in [2.75, 3.05) is 13.7 Å². The molecule has 0 saturated carbocycles. The number of esters is 1. The van der Waals surface area contributed by atoms with E-state index in [0.29, 0.717) is 38.2 Å². The lowest BCUT2D eigenvalue weighted by Crippen LogP contribution is -2.42. The molecule has 0 bridgehead atoms. The van der Waals surface area contributed by atoms with Crippen molar-refractivity contribution in [3.63, 3.8) is 0 Å². The van der Waals surface area contributed by atoms with Crippen LogP contribution in [0.1, 0.15) is 25.0 Å². The van der Waals surface area contributed by atoms with Crippen LogP contribution in [-0.2, 0) is 20.9 Å². The van der Waals surface area contributed by atoms with Gasteiger partial charge in [0.15, 0.2) is 11.5 Å². The van der Waals surface area contributed by atoms with Crippen LogP contribution < -0.4 is 9.47 Å². The van der Waals surface area contributed by atoms with Crippen LogP contribution >= 0.6 is 50.9 Å². The Hall–Kier alpha value is -2.20. The Labute approximate surface area is 219 Å². The highest BCUT2D eigenvalue weighted by molar-refractivity contribution is 9.10. The topological polar surface area (TPSA) is 82.1 Å². The molecule has 11 heteroatoms. The lowest BCUT2D eigenvalue weighted by Gasteiger charge is -2.18. The van der Waals surface area contributed by atoms with Crippen molar-refractivity contribution in [3.05, 3.63) is 60.9 Å². The molecule has 1 aliphatic rings.